The molecule has 2 aromatic carbocycles. The van der Waals surface area contributed by atoms with Crippen LogP contribution in [0.5, 0.6) is 0 Å². The number of hydrogen-bond donors (Lipinski definition) is 0. The average molecular weight is 336 g/mol. The van der Waals surface area contributed by atoms with E-state index in [-0.39, 0.29) is 0 Å². The highest BCUT2D eigenvalue weighted by molar-refractivity contribution is 5.79. The van der Waals surface area contributed by atoms with Crippen LogP contribution in [0, 0.1) is 0 Å². The fraction of sp³-hybridized carbons (Fsp3) is 0.167. The summed E-state index contributed by atoms with van der Waals surface area (Å²) >= 11 is 0. The first kappa shape index (κ1) is 15.3. The molecule has 2 atom stereocenters. The van der Waals surface area contributed by atoms with Crippen molar-refractivity contribution < 1.29 is 0 Å². The predicted octanol–water partition coefficient (Wildman–Crippen LogP) is 5.90. The summed E-state index contributed by atoms with van der Waals surface area (Å²) < 4.78 is 0. The number of hydrogen-bond acceptors (Lipinski definition) is 2. The molecule has 2 bridgehead atoms. The van der Waals surface area contributed by atoms with Gasteiger partial charge in [-0.3, -0.25) is 0 Å². The Kier molecular flexibility index (Phi) is 3.39. The highest BCUT2D eigenvalue weighted by atomic mass is 15.1. The van der Waals surface area contributed by atoms with Gasteiger partial charge in [0.1, 0.15) is 0 Å². The Hall–Kier alpha value is -3.00. The third-order valence-electron chi connectivity index (χ3n) is 5.51. The van der Waals surface area contributed by atoms with Gasteiger partial charge in [-0.1, -0.05) is 78.4 Å². The largest absolute Gasteiger partial charge is 0.150 e. The van der Waals surface area contributed by atoms with Crippen LogP contribution in [0.2, 0.25) is 0 Å². The number of rotatable bonds is 2. The fourth-order valence-electron chi connectivity index (χ4n) is 4.46. The maximum Gasteiger partial charge on any atom is 0.0974 e. The van der Waals surface area contributed by atoms with Crippen LogP contribution in [0.15, 0.2) is 84.0 Å². The monoisotopic (exact) mass is 336 g/mol. The molecule has 0 spiro atoms. The summed E-state index contributed by atoms with van der Waals surface area (Å²) in [6.07, 6.45) is 4.69. The normalized spacial score (nSPS) is 19.7. The van der Waals surface area contributed by atoms with Crippen molar-refractivity contribution in [2.24, 2.45) is 0 Å². The molecule has 3 aromatic rings. The van der Waals surface area contributed by atoms with E-state index in [0.717, 1.165) is 22.5 Å². The van der Waals surface area contributed by atoms with Crippen LogP contribution in [-0.2, 0) is 0 Å². The van der Waals surface area contributed by atoms with Crippen LogP contribution in [0.1, 0.15) is 36.8 Å². The van der Waals surface area contributed by atoms with Gasteiger partial charge in [-0.25, -0.2) is 0 Å². The summed E-state index contributed by atoms with van der Waals surface area (Å²) in [6.45, 7) is 4.44. The second-order valence-corrected chi connectivity index (χ2v) is 7.25. The van der Waals surface area contributed by atoms with Gasteiger partial charge in [0.2, 0.25) is 0 Å². The van der Waals surface area contributed by atoms with E-state index >= 15 is 0 Å². The number of nitrogens with zero attached hydrogens (tertiary/aromatic N) is 2. The molecule has 0 radical (unpaired) electrons. The van der Waals surface area contributed by atoms with E-state index in [4.69, 9.17) is 10.2 Å². The SMILES string of the molecule is CC(C)=C1[C@H]2C=C[C@@H]1c1c(-c3ccccc3)nnc(-c3ccccc3)c12. The van der Waals surface area contributed by atoms with Gasteiger partial charge in [0.05, 0.1) is 11.4 Å². The molecule has 2 aliphatic carbocycles. The second-order valence-electron chi connectivity index (χ2n) is 7.25. The first-order valence-corrected chi connectivity index (χ1v) is 9.12. The van der Waals surface area contributed by atoms with Gasteiger partial charge in [0.15, 0.2) is 0 Å². The third kappa shape index (κ3) is 2.12. The highest BCUT2D eigenvalue weighted by Crippen LogP contribution is 2.57. The lowest BCUT2D eigenvalue weighted by Crippen LogP contribution is -2.05. The first-order chi connectivity index (χ1) is 12.8. The molecule has 0 aliphatic heterocycles. The van der Waals surface area contributed by atoms with Gasteiger partial charge in [-0.2, -0.15) is 0 Å². The van der Waals surface area contributed by atoms with Crippen LogP contribution >= 0.6 is 0 Å². The molecule has 0 saturated heterocycles. The second kappa shape index (κ2) is 5.77. The quantitative estimate of drug-likeness (QED) is 0.545. The summed E-state index contributed by atoms with van der Waals surface area (Å²) in [5, 5.41) is 9.41. The number of fused-ring (bicyclic) bond motifs is 5. The van der Waals surface area contributed by atoms with Crippen molar-refractivity contribution >= 4 is 0 Å². The van der Waals surface area contributed by atoms with Crippen LogP contribution in [0.3, 0.4) is 0 Å². The molecule has 5 rings (SSSR count). The number of benzene rings is 2. The number of aromatic nitrogens is 2. The summed E-state index contributed by atoms with van der Waals surface area (Å²) in [5.74, 6) is 0.654. The van der Waals surface area contributed by atoms with E-state index in [1.165, 1.54) is 22.3 Å². The molecule has 1 heterocycles. The molecule has 0 unspecified atom stereocenters. The van der Waals surface area contributed by atoms with Gasteiger partial charge in [0, 0.05) is 23.0 Å². The van der Waals surface area contributed by atoms with Crippen molar-refractivity contribution in [3.8, 4) is 22.5 Å². The predicted molar refractivity (Wildman–Crippen MR) is 106 cm³/mol. The van der Waals surface area contributed by atoms with Crippen molar-refractivity contribution in [1.29, 1.82) is 0 Å². The van der Waals surface area contributed by atoms with Gasteiger partial charge < -0.3 is 0 Å². The maximum atomic E-state index is 4.70. The van der Waals surface area contributed by atoms with E-state index in [9.17, 15) is 0 Å². The summed E-state index contributed by atoms with van der Waals surface area (Å²) in [5.41, 5.74) is 9.92. The van der Waals surface area contributed by atoms with E-state index in [0.29, 0.717) is 11.8 Å². The minimum absolute atomic E-state index is 0.327. The van der Waals surface area contributed by atoms with E-state index in [2.05, 4.69) is 74.5 Å². The molecule has 0 saturated carbocycles. The molecular weight excluding hydrogens is 316 g/mol. The van der Waals surface area contributed by atoms with Gasteiger partial charge >= 0.3 is 0 Å². The lowest BCUT2D eigenvalue weighted by Gasteiger charge is -2.17. The molecule has 1 aromatic heterocycles. The van der Waals surface area contributed by atoms with Crippen molar-refractivity contribution in [3.05, 3.63) is 95.1 Å². The smallest absolute Gasteiger partial charge is 0.0974 e. The molecule has 126 valence electrons. The zero-order valence-electron chi connectivity index (χ0n) is 15.0. The van der Waals surface area contributed by atoms with Gasteiger partial charge in [0.25, 0.3) is 0 Å². The third-order valence-corrected chi connectivity index (χ3v) is 5.51. The minimum atomic E-state index is 0.327. The standard InChI is InChI=1S/C24H20N2/c1-15(2)20-18-13-14-19(20)22-21(18)23(16-9-5-3-6-10-16)25-26-24(22)17-11-7-4-8-12-17/h3-14,18-19H,1-2H3/t18-,19+. The zero-order chi connectivity index (χ0) is 17.7. The van der Waals surface area contributed by atoms with Gasteiger partial charge in [-0.05, 0) is 30.5 Å². The zero-order valence-corrected chi connectivity index (χ0v) is 15.0. The van der Waals surface area contributed by atoms with Gasteiger partial charge in [-0.15, -0.1) is 10.2 Å². The Morgan fingerprint density at radius 2 is 1.08 bits per heavy atom. The van der Waals surface area contributed by atoms with Crippen LogP contribution in [-0.4, -0.2) is 10.2 Å². The van der Waals surface area contributed by atoms with Crippen molar-refractivity contribution in [1.82, 2.24) is 10.2 Å². The Morgan fingerprint density at radius 1 is 0.654 bits per heavy atom. The Labute approximate surface area is 153 Å². The van der Waals surface area contributed by atoms with Crippen molar-refractivity contribution in [3.63, 3.8) is 0 Å². The van der Waals surface area contributed by atoms with Crippen molar-refractivity contribution in [2.45, 2.75) is 25.7 Å². The van der Waals surface area contributed by atoms with E-state index < -0.39 is 0 Å². The lowest BCUT2D eigenvalue weighted by atomic mass is 9.90. The summed E-state index contributed by atoms with van der Waals surface area (Å²) in [4.78, 5) is 0. The maximum absolute atomic E-state index is 4.70. The molecule has 26 heavy (non-hydrogen) atoms. The molecule has 2 heteroatoms. The summed E-state index contributed by atoms with van der Waals surface area (Å²) in [7, 11) is 0. The van der Waals surface area contributed by atoms with Crippen LogP contribution in [0.25, 0.3) is 22.5 Å². The molecular formula is C24H20N2. The Morgan fingerprint density at radius 3 is 1.46 bits per heavy atom. The molecule has 0 N–H and O–H groups in total. The molecule has 2 aliphatic rings. The number of allylic oxidation sites excluding steroid dienone is 4. The summed E-state index contributed by atoms with van der Waals surface area (Å²) in [6, 6.07) is 20.9. The van der Waals surface area contributed by atoms with E-state index in [1.807, 2.05) is 12.1 Å². The molecule has 0 amide bonds. The molecule has 2 nitrogen and oxygen atoms in total. The van der Waals surface area contributed by atoms with Crippen LogP contribution in [0.4, 0.5) is 0 Å². The average Bonchev–Trinajstić information content (AvgIpc) is 3.26. The Balaban J connectivity index is 1.82. The fourth-order valence-corrected chi connectivity index (χ4v) is 4.46. The topological polar surface area (TPSA) is 25.8 Å². The highest BCUT2D eigenvalue weighted by Gasteiger charge is 2.42. The van der Waals surface area contributed by atoms with Crippen LogP contribution < -0.4 is 0 Å². The first-order valence-electron chi connectivity index (χ1n) is 9.12. The van der Waals surface area contributed by atoms with Crippen molar-refractivity contribution in [2.75, 3.05) is 0 Å². The van der Waals surface area contributed by atoms with E-state index in [1.54, 1.807) is 0 Å². The molecule has 0 fully saturated rings. The lowest BCUT2D eigenvalue weighted by molar-refractivity contribution is 0.976. The minimum Gasteiger partial charge on any atom is -0.150 e. The Bertz CT molecular complexity index is 964.